The Labute approximate surface area is 176 Å². The maximum absolute atomic E-state index is 11.5. The standard InChI is InChI=1S/C24H26N2O4/c1-29-22-11-5-3-7-17(22)13-20-14-25-23(30-20)19-9-6-12-26(16-19)15-18-8-2-4-10-21(18)24(27)28/h2-5,7-8,10-11,14,19H,6,9,12-13,15-16H2,1H3,(H,27,28). The Morgan fingerprint density at radius 1 is 1.20 bits per heavy atom. The van der Waals surface area contributed by atoms with Gasteiger partial charge < -0.3 is 14.3 Å². The zero-order valence-corrected chi connectivity index (χ0v) is 17.1. The molecule has 1 N–H and O–H groups in total. The molecule has 0 radical (unpaired) electrons. The van der Waals surface area contributed by atoms with Gasteiger partial charge in [0.05, 0.1) is 18.9 Å². The number of methoxy groups -OCH3 is 1. The first-order valence-electron chi connectivity index (χ1n) is 10.2. The maximum atomic E-state index is 11.5. The molecule has 156 valence electrons. The van der Waals surface area contributed by atoms with Crippen molar-refractivity contribution in [2.45, 2.75) is 31.7 Å². The van der Waals surface area contributed by atoms with Crippen molar-refractivity contribution >= 4 is 5.97 Å². The van der Waals surface area contributed by atoms with Gasteiger partial charge in [0.25, 0.3) is 0 Å². The molecular weight excluding hydrogens is 380 g/mol. The summed E-state index contributed by atoms with van der Waals surface area (Å²) in [6.07, 6.45) is 4.50. The van der Waals surface area contributed by atoms with E-state index in [4.69, 9.17) is 9.15 Å². The van der Waals surface area contributed by atoms with Crippen LogP contribution in [0.3, 0.4) is 0 Å². The fraction of sp³-hybridized carbons (Fsp3) is 0.333. The second kappa shape index (κ2) is 9.13. The molecule has 2 heterocycles. The summed E-state index contributed by atoms with van der Waals surface area (Å²) in [5.74, 6) is 1.75. The number of aromatic nitrogens is 1. The Morgan fingerprint density at radius 3 is 2.77 bits per heavy atom. The van der Waals surface area contributed by atoms with Crippen LogP contribution in [-0.2, 0) is 13.0 Å². The zero-order valence-electron chi connectivity index (χ0n) is 17.1. The van der Waals surface area contributed by atoms with Gasteiger partial charge in [-0.25, -0.2) is 9.78 Å². The van der Waals surface area contributed by atoms with Gasteiger partial charge in [-0.15, -0.1) is 0 Å². The summed E-state index contributed by atoms with van der Waals surface area (Å²) >= 11 is 0. The third-order valence-corrected chi connectivity index (χ3v) is 5.63. The number of hydrogen-bond donors (Lipinski definition) is 1. The normalized spacial score (nSPS) is 17.0. The lowest BCUT2D eigenvalue weighted by Crippen LogP contribution is -2.34. The molecule has 1 aliphatic rings. The van der Waals surface area contributed by atoms with Crippen LogP contribution in [0.4, 0.5) is 0 Å². The van der Waals surface area contributed by atoms with Gasteiger partial charge in [0, 0.05) is 31.0 Å². The van der Waals surface area contributed by atoms with E-state index in [0.717, 1.165) is 54.5 Å². The molecule has 6 heteroatoms. The van der Waals surface area contributed by atoms with Gasteiger partial charge in [0.2, 0.25) is 0 Å². The van der Waals surface area contributed by atoms with Crippen molar-refractivity contribution in [2.75, 3.05) is 20.2 Å². The average Bonchev–Trinajstić information content (AvgIpc) is 3.23. The summed E-state index contributed by atoms with van der Waals surface area (Å²) in [5.41, 5.74) is 2.28. The van der Waals surface area contributed by atoms with E-state index < -0.39 is 5.97 Å². The first-order chi connectivity index (χ1) is 14.6. The van der Waals surface area contributed by atoms with Crippen molar-refractivity contribution in [1.82, 2.24) is 9.88 Å². The lowest BCUT2D eigenvalue weighted by Gasteiger charge is -2.31. The topological polar surface area (TPSA) is 75.8 Å². The van der Waals surface area contributed by atoms with E-state index in [9.17, 15) is 9.90 Å². The number of likely N-dealkylation sites (tertiary alicyclic amines) is 1. The minimum absolute atomic E-state index is 0.210. The van der Waals surface area contributed by atoms with E-state index in [1.54, 1.807) is 25.4 Å². The molecule has 1 aliphatic heterocycles. The number of carboxylic acids is 1. The van der Waals surface area contributed by atoms with Crippen LogP contribution in [0.1, 0.15) is 51.9 Å². The summed E-state index contributed by atoms with van der Waals surface area (Å²) < 4.78 is 11.5. The Kier molecular flexibility index (Phi) is 6.14. The lowest BCUT2D eigenvalue weighted by molar-refractivity contribution is 0.0693. The number of carbonyl (C=O) groups is 1. The molecule has 0 aliphatic carbocycles. The zero-order chi connectivity index (χ0) is 20.9. The SMILES string of the molecule is COc1ccccc1Cc1cnc(C2CCCN(Cc3ccccc3C(=O)O)C2)o1. The number of piperidine rings is 1. The predicted octanol–water partition coefficient (Wildman–Crippen LogP) is 4.35. The molecule has 2 aromatic carbocycles. The van der Waals surface area contributed by atoms with Gasteiger partial charge in [-0.2, -0.15) is 0 Å². The molecule has 0 spiro atoms. The monoisotopic (exact) mass is 406 g/mol. The third-order valence-electron chi connectivity index (χ3n) is 5.63. The van der Waals surface area contributed by atoms with Crippen molar-refractivity contribution < 1.29 is 19.1 Å². The number of hydrogen-bond acceptors (Lipinski definition) is 5. The fourth-order valence-electron chi connectivity index (χ4n) is 4.14. The van der Waals surface area contributed by atoms with E-state index in [-0.39, 0.29) is 5.92 Å². The summed E-state index contributed by atoms with van der Waals surface area (Å²) in [5, 5.41) is 9.43. The first-order valence-corrected chi connectivity index (χ1v) is 10.2. The van der Waals surface area contributed by atoms with Gasteiger partial charge in [-0.1, -0.05) is 36.4 Å². The fourth-order valence-corrected chi connectivity index (χ4v) is 4.14. The third kappa shape index (κ3) is 4.54. The van der Waals surface area contributed by atoms with Crippen LogP contribution in [-0.4, -0.2) is 41.2 Å². The predicted molar refractivity (Wildman–Crippen MR) is 113 cm³/mol. The highest BCUT2D eigenvalue weighted by Gasteiger charge is 2.26. The van der Waals surface area contributed by atoms with Crippen molar-refractivity contribution in [3.63, 3.8) is 0 Å². The van der Waals surface area contributed by atoms with Gasteiger partial charge >= 0.3 is 5.97 Å². The molecule has 0 amide bonds. The Bertz CT molecular complexity index is 1010. The van der Waals surface area contributed by atoms with Crippen LogP contribution in [0.15, 0.2) is 59.1 Å². The minimum Gasteiger partial charge on any atom is -0.496 e. The first kappa shape index (κ1) is 20.2. The van der Waals surface area contributed by atoms with E-state index in [0.29, 0.717) is 18.5 Å². The largest absolute Gasteiger partial charge is 0.496 e. The second-order valence-electron chi connectivity index (χ2n) is 7.69. The minimum atomic E-state index is -0.882. The highest BCUT2D eigenvalue weighted by Crippen LogP contribution is 2.29. The van der Waals surface area contributed by atoms with Crippen LogP contribution >= 0.6 is 0 Å². The van der Waals surface area contributed by atoms with Crippen LogP contribution in [0.2, 0.25) is 0 Å². The number of aromatic carboxylic acids is 1. The van der Waals surface area contributed by atoms with Crippen molar-refractivity contribution in [2.24, 2.45) is 0 Å². The quantitative estimate of drug-likeness (QED) is 0.629. The van der Waals surface area contributed by atoms with Gasteiger partial charge in [-0.3, -0.25) is 4.90 Å². The molecule has 1 unspecified atom stereocenters. The summed E-state index contributed by atoms with van der Waals surface area (Å²) in [6.45, 7) is 2.37. The Balaban J connectivity index is 1.44. The van der Waals surface area contributed by atoms with Crippen LogP contribution < -0.4 is 4.74 Å². The molecule has 1 aromatic heterocycles. The van der Waals surface area contributed by atoms with Crippen molar-refractivity contribution in [3.05, 3.63) is 83.1 Å². The summed E-state index contributed by atoms with van der Waals surface area (Å²) in [4.78, 5) is 18.3. The smallest absolute Gasteiger partial charge is 0.336 e. The number of oxazole rings is 1. The number of benzene rings is 2. The molecule has 3 aromatic rings. The number of para-hydroxylation sites is 1. The molecule has 30 heavy (non-hydrogen) atoms. The van der Waals surface area contributed by atoms with Gasteiger partial charge in [0.1, 0.15) is 11.5 Å². The highest BCUT2D eigenvalue weighted by molar-refractivity contribution is 5.89. The van der Waals surface area contributed by atoms with E-state index in [1.807, 2.05) is 36.4 Å². The summed E-state index contributed by atoms with van der Waals surface area (Å²) in [7, 11) is 1.67. The Morgan fingerprint density at radius 2 is 1.97 bits per heavy atom. The molecule has 1 saturated heterocycles. The number of nitrogens with zero attached hydrogens (tertiary/aromatic N) is 2. The molecule has 1 atom stereocenters. The highest BCUT2D eigenvalue weighted by atomic mass is 16.5. The second-order valence-corrected chi connectivity index (χ2v) is 7.69. The van der Waals surface area contributed by atoms with Crippen molar-refractivity contribution in [1.29, 1.82) is 0 Å². The van der Waals surface area contributed by atoms with E-state index in [2.05, 4.69) is 9.88 Å². The van der Waals surface area contributed by atoms with E-state index in [1.165, 1.54) is 0 Å². The molecular formula is C24H26N2O4. The van der Waals surface area contributed by atoms with E-state index >= 15 is 0 Å². The van der Waals surface area contributed by atoms with Crippen LogP contribution in [0.25, 0.3) is 0 Å². The van der Waals surface area contributed by atoms with Crippen LogP contribution in [0.5, 0.6) is 5.75 Å². The molecule has 1 fully saturated rings. The molecule has 0 saturated carbocycles. The van der Waals surface area contributed by atoms with Gasteiger partial charge in [0.15, 0.2) is 5.89 Å². The van der Waals surface area contributed by atoms with Gasteiger partial charge in [-0.05, 0) is 37.1 Å². The van der Waals surface area contributed by atoms with Crippen molar-refractivity contribution in [3.8, 4) is 5.75 Å². The molecule has 4 rings (SSSR count). The lowest BCUT2D eigenvalue weighted by atomic mass is 9.97. The number of carboxylic acid groups (broad SMARTS) is 1. The average molecular weight is 406 g/mol. The number of ether oxygens (including phenoxy) is 1. The molecule has 6 nitrogen and oxygen atoms in total. The maximum Gasteiger partial charge on any atom is 0.336 e. The molecule has 0 bridgehead atoms. The van der Waals surface area contributed by atoms with Crippen LogP contribution in [0, 0.1) is 0 Å². The summed E-state index contributed by atoms with van der Waals surface area (Å²) in [6, 6.07) is 15.1. The number of rotatable bonds is 7. The Hall–Kier alpha value is -3.12.